The molecule has 0 aliphatic heterocycles. The van der Waals surface area contributed by atoms with E-state index >= 15 is 0 Å². The van der Waals surface area contributed by atoms with Gasteiger partial charge in [0.25, 0.3) is 0 Å². The fourth-order valence-corrected chi connectivity index (χ4v) is 4.68. The second-order valence-electron chi connectivity index (χ2n) is 8.21. The van der Waals surface area contributed by atoms with Crippen molar-refractivity contribution in [3.05, 3.63) is 114 Å². The normalized spacial score (nSPS) is 13.4. The van der Waals surface area contributed by atoms with Crippen LogP contribution in [0.15, 0.2) is 113 Å². The van der Waals surface area contributed by atoms with E-state index in [-0.39, 0.29) is 52.8 Å². The second-order valence-corrected chi connectivity index (χ2v) is 8.62. The lowest BCUT2D eigenvalue weighted by atomic mass is 10.0. The van der Waals surface area contributed by atoms with Crippen LogP contribution in [0.2, 0.25) is 5.02 Å². The quantitative estimate of drug-likeness (QED) is 0.250. The van der Waals surface area contributed by atoms with Crippen molar-refractivity contribution in [1.82, 2.24) is 15.0 Å². The number of benzene rings is 5. The van der Waals surface area contributed by atoms with Crippen molar-refractivity contribution in [3.63, 3.8) is 0 Å². The molecule has 0 radical (unpaired) electrons. The summed E-state index contributed by atoms with van der Waals surface area (Å²) in [7, 11) is 0. The van der Waals surface area contributed by atoms with Gasteiger partial charge in [-0.05, 0) is 23.5 Å². The van der Waals surface area contributed by atoms with Crippen LogP contribution in [-0.2, 0) is 0 Å². The van der Waals surface area contributed by atoms with E-state index in [4.69, 9.17) is 37.8 Å². The highest BCUT2D eigenvalue weighted by Crippen LogP contribution is 2.37. The molecule has 170 valence electrons. The molecule has 5 heteroatoms. The SMILES string of the molecule is [2H]c1cc2c(oc3c([2H])cc([2H])c(-c4nc(-c5ccccc5)nc(-c5cccc6c(Cl)cccc56)n4)c32)c([2H])c1[2H]. The molecule has 0 saturated carbocycles. The molecule has 0 atom stereocenters. The van der Waals surface area contributed by atoms with Gasteiger partial charge in [-0.3, -0.25) is 0 Å². The summed E-state index contributed by atoms with van der Waals surface area (Å²) in [5.41, 5.74) is 1.95. The molecule has 0 spiro atoms. The fourth-order valence-electron chi connectivity index (χ4n) is 4.44. The van der Waals surface area contributed by atoms with Gasteiger partial charge in [0.15, 0.2) is 17.5 Å². The van der Waals surface area contributed by atoms with Gasteiger partial charge >= 0.3 is 0 Å². The summed E-state index contributed by atoms with van der Waals surface area (Å²) < 4.78 is 48.0. The molecular weight excluding hydrogens is 466 g/mol. The maximum absolute atomic E-state index is 8.89. The summed E-state index contributed by atoms with van der Waals surface area (Å²) in [6.45, 7) is 0. The molecule has 0 N–H and O–H groups in total. The van der Waals surface area contributed by atoms with E-state index in [0.717, 1.165) is 21.9 Å². The predicted octanol–water partition coefficient (Wildman–Crippen LogP) is 8.58. The largest absolute Gasteiger partial charge is 0.456 e. The zero-order valence-corrected chi connectivity index (χ0v) is 19.4. The Balaban J connectivity index is 1.60. The number of rotatable bonds is 3. The average molecular weight is 489 g/mol. The summed E-state index contributed by atoms with van der Waals surface area (Å²) in [5.74, 6) is 0.933. The summed E-state index contributed by atoms with van der Waals surface area (Å²) in [5, 5.41) is 2.98. The standard InChI is InChI=1S/C31H18ClN3O/c32-25-16-7-12-20-21(25)13-6-14-22(20)30-33-29(19-9-2-1-3-10-19)34-31(35-30)24-15-8-18-27-28(24)23-11-4-5-17-26(23)36-27/h1-18H/i4D,5D,15D,17D,18D. The Labute approximate surface area is 218 Å². The zero-order chi connectivity index (χ0) is 28.4. The van der Waals surface area contributed by atoms with Gasteiger partial charge in [-0.15, -0.1) is 0 Å². The highest BCUT2D eigenvalue weighted by molar-refractivity contribution is 6.35. The van der Waals surface area contributed by atoms with E-state index in [1.807, 2.05) is 66.7 Å². The first-order valence-electron chi connectivity index (χ1n) is 13.7. The zero-order valence-electron chi connectivity index (χ0n) is 23.6. The average Bonchev–Trinajstić information content (AvgIpc) is 3.36. The first-order valence-corrected chi connectivity index (χ1v) is 11.6. The number of furan rings is 1. The summed E-state index contributed by atoms with van der Waals surface area (Å²) >= 11 is 6.50. The maximum atomic E-state index is 8.89. The molecule has 0 unspecified atom stereocenters. The number of halogens is 1. The van der Waals surface area contributed by atoms with E-state index in [9.17, 15) is 0 Å². The van der Waals surface area contributed by atoms with Gasteiger partial charge in [-0.1, -0.05) is 103 Å². The molecule has 7 rings (SSSR count). The van der Waals surface area contributed by atoms with Crippen LogP contribution in [0.3, 0.4) is 0 Å². The van der Waals surface area contributed by atoms with Gasteiger partial charge in [0, 0.05) is 37.9 Å². The van der Waals surface area contributed by atoms with Crippen LogP contribution in [0, 0.1) is 0 Å². The number of hydrogen-bond acceptors (Lipinski definition) is 4. The lowest BCUT2D eigenvalue weighted by molar-refractivity contribution is 0.669. The van der Waals surface area contributed by atoms with Crippen LogP contribution in [-0.4, -0.2) is 15.0 Å². The minimum Gasteiger partial charge on any atom is -0.456 e. The number of aromatic nitrogens is 3. The Morgan fingerprint density at radius 2 is 1.36 bits per heavy atom. The van der Waals surface area contributed by atoms with Crippen LogP contribution in [0.25, 0.3) is 66.9 Å². The minimum atomic E-state index is -0.279. The Morgan fingerprint density at radius 1 is 0.583 bits per heavy atom. The summed E-state index contributed by atoms with van der Waals surface area (Å²) in [4.78, 5) is 14.5. The van der Waals surface area contributed by atoms with Crippen LogP contribution < -0.4 is 0 Å². The molecular formula is C31H18ClN3O. The van der Waals surface area contributed by atoms with Crippen molar-refractivity contribution in [1.29, 1.82) is 0 Å². The number of nitrogens with zero attached hydrogens (tertiary/aromatic N) is 3. The topological polar surface area (TPSA) is 51.8 Å². The van der Waals surface area contributed by atoms with Crippen molar-refractivity contribution < 1.29 is 11.3 Å². The molecule has 4 nitrogen and oxygen atoms in total. The Kier molecular flexibility index (Phi) is 3.73. The van der Waals surface area contributed by atoms with Gasteiger partial charge in [-0.25, -0.2) is 15.0 Å². The predicted molar refractivity (Wildman–Crippen MR) is 146 cm³/mol. The summed E-state index contributed by atoms with van der Waals surface area (Å²) in [6, 6.07) is 22.8. The lowest BCUT2D eigenvalue weighted by Gasteiger charge is -2.11. The molecule has 0 aliphatic rings. The van der Waals surface area contributed by atoms with Crippen molar-refractivity contribution in [2.45, 2.75) is 0 Å². The number of para-hydroxylation sites is 1. The van der Waals surface area contributed by atoms with E-state index < -0.39 is 0 Å². The molecule has 0 saturated heterocycles. The molecule has 0 amide bonds. The van der Waals surface area contributed by atoms with Crippen molar-refractivity contribution in [2.75, 3.05) is 0 Å². The van der Waals surface area contributed by atoms with Crippen LogP contribution in [0.5, 0.6) is 0 Å². The van der Waals surface area contributed by atoms with Gasteiger partial charge in [0.05, 0.1) is 6.85 Å². The minimum absolute atomic E-state index is 0.0182. The first-order chi connectivity index (χ1) is 19.8. The van der Waals surface area contributed by atoms with Gasteiger partial charge in [0.1, 0.15) is 11.2 Å². The molecule has 0 bridgehead atoms. The van der Waals surface area contributed by atoms with Crippen molar-refractivity contribution in [3.8, 4) is 34.2 Å². The van der Waals surface area contributed by atoms with Crippen molar-refractivity contribution >= 4 is 44.3 Å². The highest BCUT2D eigenvalue weighted by Gasteiger charge is 2.18. The van der Waals surface area contributed by atoms with E-state index in [2.05, 4.69) is 0 Å². The molecule has 2 heterocycles. The van der Waals surface area contributed by atoms with Crippen molar-refractivity contribution in [2.24, 2.45) is 0 Å². The first kappa shape index (κ1) is 16.2. The smallest absolute Gasteiger partial charge is 0.164 e. The maximum Gasteiger partial charge on any atom is 0.164 e. The molecule has 0 aliphatic carbocycles. The Bertz CT molecular complexity index is 2180. The van der Waals surface area contributed by atoms with Crippen LogP contribution in [0.4, 0.5) is 0 Å². The lowest BCUT2D eigenvalue weighted by Crippen LogP contribution is -2.00. The van der Waals surface area contributed by atoms with Crippen LogP contribution in [0.1, 0.15) is 6.85 Å². The molecule has 5 aromatic carbocycles. The van der Waals surface area contributed by atoms with Gasteiger partial charge in [0.2, 0.25) is 0 Å². The highest BCUT2D eigenvalue weighted by atomic mass is 35.5. The number of hydrogen-bond donors (Lipinski definition) is 0. The Hall–Kier alpha value is -4.54. The monoisotopic (exact) mass is 488 g/mol. The summed E-state index contributed by atoms with van der Waals surface area (Å²) in [6.07, 6.45) is 0. The third kappa shape index (κ3) is 3.35. The third-order valence-electron chi connectivity index (χ3n) is 6.08. The van der Waals surface area contributed by atoms with E-state index in [1.54, 1.807) is 0 Å². The number of fused-ring (bicyclic) bond motifs is 4. The fraction of sp³-hybridized carbons (Fsp3) is 0. The molecule has 36 heavy (non-hydrogen) atoms. The molecule has 2 aromatic heterocycles. The molecule has 0 fully saturated rings. The van der Waals surface area contributed by atoms with Gasteiger partial charge < -0.3 is 4.42 Å². The van der Waals surface area contributed by atoms with E-state index in [1.165, 1.54) is 12.1 Å². The van der Waals surface area contributed by atoms with Crippen LogP contribution >= 0.6 is 11.6 Å². The third-order valence-corrected chi connectivity index (χ3v) is 6.41. The van der Waals surface area contributed by atoms with Gasteiger partial charge in [-0.2, -0.15) is 0 Å². The Morgan fingerprint density at radius 3 is 2.25 bits per heavy atom. The van der Waals surface area contributed by atoms with E-state index in [0.29, 0.717) is 27.4 Å². The molecule has 7 aromatic rings. The second kappa shape index (κ2) is 8.29.